The third-order valence-corrected chi connectivity index (χ3v) is 6.76. The number of thiophene rings is 1. The summed E-state index contributed by atoms with van der Waals surface area (Å²) < 4.78 is 10.8. The zero-order valence-electron chi connectivity index (χ0n) is 15.9. The van der Waals surface area contributed by atoms with Gasteiger partial charge in [-0.25, -0.2) is 0 Å². The predicted octanol–water partition coefficient (Wildman–Crippen LogP) is 3.43. The van der Waals surface area contributed by atoms with Crippen LogP contribution in [-0.2, 0) is 13.0 Å². The van der Waals surface area contributed by atoms with Crippen LogP contribution in [0.25, 0.3) is 0 Å². The Labute approximate surface area is 164 Å². The Morgan fingerprint density at radius 2 is 1.93 bits per heavy atom. The zero-order chi connectivity index (χ0) is 18.8. The number of nitrogens with zero attached hydrogens (tertiary/aromatic N) is 2. The van der Waals surface area contributed by atoms with E-state index in [2.05, 4.69) is 16.3 Å². The lowest BCUT2D eigenvalue weighted by Gasteiger charge is -2.40. The van der Waals surface area contributed by atoms with E-state index in [1.807, 2.05) is 34.4 Å². The molecule has 0 bridgehead atoms. The standard InChI is InChI=1S/C21H26N2O3S/c1-25-18-5-3-4-17(20(18)26-2)21(24)22-10-6-16(7-11-22)23-12-8-19-15(14-23)9-13-27-19/h3-5,9,13,16H,6-8,10-12,14H2,1-2H3. The molecule has 1 fully saturated rings. The first-order valence-electron chi connectivity index (χ1n) is 9.51. The molecule has 0 unspecified atom stereocenters. The van der Waals surface area contributed by atoms with E-state index in [1.165, 1.54) is 5.56 Å². The Bertz CT molecular complexity index is 812. The van der Waals surface area contributed by atoms with E-state index in [1.54, 1.807) is 19.1 Å². The van der Waals surface area contributed by atoms with Crippen LogP contribution >= 0.6 is 11.3 Å². The molecule has 1 aromatic carbocycles. The lowest BCUT2D eigenvalue weighted by Crippen LogP contribution is -2.48. The molecule has 0 atom stereocenters. The smallest absolute Gasteiger partial charge is 0.257 e. The number of ether oxygens (including phenoxy) is 2. The maximum atomic E-state index is 13.0. The van der Waals surface area contributed by atoms with Crippen molar-refractivity contribution in [1.29, 1.82) is 0 Å². The minimum atomic E-state index is 0.0305. The van der Waals surface area contributed by atoms with Crippen molar-refractivity contribution in [2.24, 2.45) is 0 Å². The van der Waals surface area contributed by atoms with Gasteiger partial charge in [0.15, 0.2) is 11.5 Å². The first-order chi connectivity index (χ1) is 13.2. The average molecular weight is 387 g/mol. The number of carbonyl (C=O) groups is 1. The van der Waals surface area contributed by atoms with Gasteiger partial charge >= 0.3 is 0 Å². The lowest BCUT2D eigenvalue weighted by molar-refractivity contribution is 0.0597. The monoisotopic (exact) mass is 386 g/mol. The fourth-order valence-electron chi connectivity index (χ4n) is 4.24. The molecule has 1 aromatic heterocycles. The molecule has 0 aliphatic carbocycles. The highest BCUT2D eigenvalue weighted by atomic mass is 32.1. The Hall–Kier alpha value is -2.05. The van der Waals surface area contributed by atoms with Crippen LogP contribution in [0.3, 0.4) is 0 Å². The minimum Gasteiger partial charge on any atom is -0.493 e. The van der Waals surface area contributed by atoms with Crippen LogP contribution in [0.15, 0.2) is 29.6 Å². The number of methoxy groups -OCH3 is 2. The predicted molar refractivity (Wildman–Crippen MR) is 107 cm³/mol. The van der Waals surface area contributed by atoms with Crippen LogP contribution in [0.1, 0.15) is 33.6 Å². The van der Waals surface area contributed by atoms with E-state index in [9.17, 15) is 4.79 Å². The van der Waals surface area contributed by atoms with E-state index in [0.717, 1.165) is 45.4 Å². The summed E-state index contributed by atoms with van der Waals surface area (Å²) in [5.74, 6) is 1.15. The van der Waals surface area contributed by atoms with Crippen LogP contribution in [0, 0.1) is 0 Å². The lowest BCUT2D eigenvalue weighted by atomic mass is 9.99. The van der Waals surface area contributed by atoms with Gasteiger partial charge in [0.05, 0.1) is 19.8 Å². The molecule has 0 saturated carbocycles. The summed E-state index contributed by atoms with van der Waals surface area (Å²) in [5.41, 5.74) is 2.07. The number of rotatable bonds is 4. The van der Waals surface area contributed by atoms with Crippen molar-refractivity contribution in [2.75, 3.05) is 33.9 Å². The summed E-state index contributed by atoms with van der Waals surface area (Å²) >= 11 is 1.88. The van der Waals surface area contributed by atoms with Gasteiger partial charge in [0, 0.05) is 37.1 Å². The van der Waals surface area contributed by atoms with Crippen LogP contribution in [0.2, 0.25) is 0 Å². The fourth-order valence-corrected chi connectivity index (χ4v) is 5.13. The summed E-state index contributed by atoms with van der Waals surface area (Å²) in [5, 5.41) is 2.21. The van der Waals surface area contributed by atoms with Crippen LogP contribution in [-0.4, -0.2) is 55.6 Å². The number of likely N-dealkylation sites (tertiary alicyclic amines) is 1. The van der Waals surface area contributed by atoms with Crippen molar-refractivity contribution in [2.45, 2.75) is 31.8 Å². The third-order valence-electron chi connectivity index (χ3n) is 5.74. The maximum absolute atomic E-state index is 13.0. The zero-order valence-corrected chi connectivity index (χ0v) is 16.8. The summed E-state index contributed by atoms with van der Waals surface area (Å²) in [6, 6.07) is 8.30. The van der Waals surface area contributed by atoms with Gasteiger partial charge in [0.1, 0.15) is 0 Å². The van der Waals surface area contributed by atoms with E-state index in [0.29, 0.717) is 23.1 Å². The Morgan fingerprint density at radius 1 is 1.11 bits per heavy atom. The number of piperidine rings is 1. The molecule has 2 aromatic rings. The van der Waals surface area contributed by atoms with E-state index < -0.39 is 0 Å². The first-order valence-corrected chi connectivity index (χ1v) is 10.4. The van der Waals surface area contributed by atoms with Gasteiger partial charge in [-0.15, -0.1) is 11.3 Å². The van der Waals surface area contributed by atoms with Crippen molar-refractivity contribution in [3.8, 4) is 11.5 Å². The first kappa shape index (κ1) is 18.3. The topological polar surface area (TPSA) is 42.0 Å². The third kappa shape index (κ3) is 3.56. The SMILES string of the molecule is COc1cccc(C(=O)N2CCC(N3CCc4sccc4C3)CC2)c1OC. The second-order valence-corrected chi connectivity index (χ2v) is 8.15. The van der Waals surface area contributed by atoms with Gasteiger partial charge in [-0.1, -0.05) is 6.07 Å². The largest absolute Gasteiger partial charge is 0.493 e. The highest BCUT2D eigenvalue weighted by Gasteiger charge is 2.30. The summed E-state index contributed by atoms with van der Waals surface area (Å²) in [6.07, 6.45) is 3.21. The molecule has 3 heterocycles. The highest BCUT2D eigenvalue weighted by Crippen LogP contribution is 2.33. The second kappa shape index (κ2) is 7.90. The molecule has 1 saturated heterocycles. The summed E-state index contributed by atoms with van der Waals surface area (Å²) in [4.78, 5) is 19.1. The fraction of sp³-hybridized carbons (Fsp3) is 0.476. The Kier molecular flexibility index (Phi) is 5.36. The number of para-hydroxylation sites is 1. The van der Waals surface area contributed by atoms with Crippen molar-refractivity contribution in [3.63, 3.8) is 0 Å². The number of amides is 1. The van der Waals surface area contributed by atoms with Crippen LogP contribution in [0.5, 0.6) is 11.5 Å². The normalized spacial score (nSPS) is 18.2. The van der Waals surface area contributed by atoms with Crippen molar-refractivity contribution < 1.29 is 14.3 Å². The van der Waals surface area contributed by atoms with E-state index >= 15 is 0 Å². The molecule has 4 rings (SSSR count). The van der Waals surface area contributed by atoms with Crippen LogP contribution in [0.4, 0.5) is 0 Å². The second-order valence-electron chi connectivity index (χ2n) is 7.15. The molecule has 5 nitrogen and oxygen atoms in total. The summed E-state index contributed by atoms with van der Waals surface area (Å²) in [6.45, 7) is 3.77. The molecule has 1 amide bonds. The molecule has 27 heavy (non-hydrogen) atoms. The number of benzene rings is 1. The summed E-state index contributed by atoms with van der Waals surface area (Å²) in [7, 11) is 3.17. The van der Waals surface area contributed by atoms with Crippen molar-refractivity contribution >= 4 is 17.2 Å². The number of fused-ring (bicyclic) bond motifs is 1. The molecule has 0 radical (unpaired) electrons. The van der Waals surface area contributed by atoms with Gasteiger partial charge in [-0.05, 0) is 48.4 Å². The molecule has 2 aliphatic heterocycles. The number of carbonyl (C=O) groups excluding carboxylic acids is 1. The van der Waals surface area contributed by atoms with E-state index in [-0.39, 0.29) is 5.91 Å². The molecular weight excluding hydrogens is 360 g/mol. The molecule has 6 heteroatoms. The van der Waals surface area contributed by atoms with Gasteiger partial charge in [0.25, 0.3) is 5.91 Å². The van der Waals surface area contributed by atoms with Gasteiger partial charge < -0.3 is 14.4 Å². The molecular formula is C21H26N2O3S. The number of hydrogen-bond acceptors (Lipinski definition) is 5. The van der Waals surface area contributed by atoms with Gasteiger partial charge in [-0.3, -0.25) is 9.69 Å². The maximum Gasteiger partial charge on any atom is 0.257 e. The van der Waals surface area contributed by atoms with Crippen LogP contribution < -0.4 is 9.47 Å². The van der Waals surface area contributed by atoms with Crippen molar-refractivity contribution in [1.82, 2.24) is 9.80 Å². The molecule has 144 valence electrons. The molecule has 2 aliphatic rings. The Balaban J connectivity index is 1.40. The average Bonchev–Trinajstić information content (AvgIpc) is 3.20. The Morgan fingerprint density at radius 3 is 2.67 bits per heavy atom. The van der Waals surface area contributed by atoms with Gasteiger partial charge in [-0.2, -0.15) is 0 Å². The quantitative estimate of drug-likeness (QED) is 0.807. The molecule has 0 spiro atoms. The van der Waals surface area contributed by atoms with Crippen molar-refractivity contribution in [3.05, 3.63) is 45.6 Å². The minimum absolute atomic E-state index is 0.0305. The molecule has 0 N–H and O–H groups in total. The highest BCUT2D eigenvalue weighted by molar-refractivity contribution is 7.10. The van der Waals surface area contributed by atoms with E-state index in [4.69, 9.17) is 9.47 Å². The number of hydrogen-bond donors (Lipinski definition) is 0. The van der Waals surface area contributed by atoms with Gasteiger partial charge in [0.2, 0.25) is 0 Å².